The van der Waals surface area contributed by atoms with Crippen LogP contribution in [0.25, 0.3) is 0 Å². The molecule has 0 saturated carbocycles. The number of benzene rings is 1. The Kier molecular flexibility index (Phi) is 5.39. The largest absolute Gasteiger partial charge is 0.496 e. The van der Waals surface area contributed by atoms with Crippen LogP contribution in [-0.4, -0.2) is 18.8 Å². The van der Waals surface area contributed by atoms with Crippen LogP contribution in [0.15, 0.2) is 12.1 Å². The third kappa shape index (κ3) is 3.95. The van der Waals surface area contributed by atoms with Gasteiger partial charge in [-0.05, 0) is 60.5 Å². The van der Waals surface area contributed by atoms with Crippen molar-refractivity contribution in [3.05, 3.63) is 28.8 Å². The minimum absolute atomic E-state index is 0.0125. The second-order valence-electron chi connectivity index (χ2n) is 6.11. The zero-order chi connectivity index (χ0) is 14.6. The second-order valence-corrected chi connectivity index (χ2v) is 6.11. The van der Waals surface area contributed by atoms with Crippen LogP contribution >= 0.6 is 0 Å². The SMILES string of the molecule is COc1cc(C)c(C(O)CCCN)cc1C(C)(C)C. The molecule has 3 heteroatoms. The molecule has 1 aromatic rings. The normalized spacial score (nSPS) is 13.4. The average Bonchev–Trinajstić information content (AvgIpc) is 2.33. The van der Waals surface area contributed by atoms with Crippen molar-refractivity contribution < 1.29 is 9.84 Å². The van der Waals surface area contributed by atoms with Gasteiger partial charge in [-0.3, -0.25) is 0 Å². The van der Waals surface area contributed by atoms with Gasteiger partial charge in [0, 0.05) is 0 Å². The summed E-state index contributed by atoms with van der Waals surface area (Å²) in [4.78, 5) is 0. The van der Waals surface area contributed by atoms with Crippen LogP contribution in [0.5, 0.6) is 5.75 Å². The maximum absolute atomic E-state index is 10.3. The predicted octanol–water partition coefficient (Wildman–Crippen LogP) is 3.07. The maximum Gasteiger partial charge on any atom is 0.122 e. The standard InChI is InChI=1S/C16H27NO2/c1-11-9-15(19-5)13(16(2,3)4)10-12(11)14(18)7-6-8-17/h9-10,14,18H,6-8,17H2,1-5H3. The van der Waals surface area contributed by atoms with Crippen LogP contribution < -0.4 is 10.5 Å². The molecule has 1 atom stereocenters. The van der Waals surface area contributed by atoms with E-state index in [9.17, 15) is 5.11 Å². The summed E-state index contributed by atoms with van der Waals surface area (Å²) in [6, 6.07) is 4.09. The molecule has 0 bridgehead atoms. The van der Waals surface area contributed by atoms with Gasteiger partial charge in [-0.15, -0.1) is 0 Å². The summed E-state index contributed by atoms with van der Waals surface area (Å²) in [5.41, 5.74) is 8.67. The van der Waals surface area contributed by atoms with Crippen LogP contribution in [0.4, 0.5) is 0 Å². The number of methoxy groups -OCH3 is 1. The molecule has 0 heterocycles. The first-order valence-corrected chi connectivity index (χ1v) is 6.88. The van der Waals surface area contributed by atoms with Crippen LogP contribution in [0.1, 0.15) is 56.4 Å². The Balaban J connectivity index is 3.19. The summed E-state index contributed by atoms with van der Waals surface area (Å²) in [5, 5.41) is 10.3. The number of aryl methyl sites for hydroxylation is 1. The number of aliphatic hydroxyl groups is 1. The van der Waals surface area contributed by atoms with E-state index in [2.05, 4.69) is 26.8 Å². The summed E-state index contributed by atoms with van der Waals surface area (Å²) >= 11 is 0. The number of hydrogen-bond acceptors (Lipinski definition) is 3. The van der Waals surface area contributed by atoms with Crippen molar-refractivity contribution in [1.82, 2.24) is 0 Å². The van der Waals surface area contributed by atoms with Gasteiger partial charge in [0.2, 0.25) is 0 Å². The third-order valence-electron chi connectivity index (χ3n) is 3.44. The first-order valence-electron chi connectivity index (χ1n) is 6.88. The summed E-state index contributed by atoms with van der Waals surface area (Å²) in [6.07, 6.45) is 1.08. The number of nitrogens with two attached hydrogens (primary N) is 1. The fourth-order valence-electron chi connectivity index (χ4n) is 2.28. The molecular weight excluding hydrogens is 238 g/mol. The molecule has 3 nitrogen and oxygen atoms in total. The van der Waals surface area contributed by atoms with Crippen LogP contribution in [0.3, 0.4) is 0 Å². The minimum atomic E-state index is -0.449. The van der Waals surface area contributed by atoms with Crippen LogP contribution in [-0.2, 0) is 5.41 Å². The topological polar surface area (TPSA) is 55.5 Å². The van der Waals surface area contributed by atoms with Crippen molar-refractivity contribution in [2.24, 2.45) is 5.73 Å². The Morgan fingerprint density at radius 1 is 1.32 bits per heavy atom. The zero-order valence-electron chi connectivity index (χ0n) is 12.8. The summed E-state index contributed by atoms with van der Waals surface area (Å²) < 4.78 is 5.47. The molecule has 1 unspecified atom stereocenters. The van der Waals surface area contributed by atoms with Gasteiger partial charge < -0.3 is 15.6 Å². The van der Waals surface area contributed by atoms with Crippen LogP contribution in [0, 0.1) is 6.92 Å². The number of ether oxygens (including phenoxy) is 1. The molecule has 0 saturated heterocycles. The van der Waals surface area contributed by atoms with Crippen molar-refractivity contribution in [3.63, 3.8) is 0 Å². The smallest absolute Gasteiger partial charge is 0.122 e. The number of hydrogen-bond donors (Lipinski definition) is 2. The lowest BCUT2D eigenvalue weighted by Crippen LogP contribution is -2.15. The Labute approximate surface area is 116 Å². The highest BCUT2D eigenvalue weighted by molar-refractivity contribution is 5.46. The molecule has 0 aliphatic rings. The molecule has 108 valence electrons. The van der Waals surface area contributed by atoms with Gasteiger partial charge >= 0.3 is 0 Å². The van der Waals surface area contributed by atoms with Crippen molar-refractivity contribution in [1.29, 1.82) is 0 Å². The Bertz CT molecular complexity index is 421. The molecule has 0 radical (unpaired) electrons. The minimum Gasteiger partial charge on any atom is -0.496 e. The predicted molar refractivity (Wildman–Crippen MR) is 79.7 cm³/mol. The molecule has 0 amide bonds. The van der Waals surface area contributed by atoms with Gasteiger partial charge in [-0.2, -0.15) is 0 Å². The van der Waals surface area contributed by atoms with E-state index >= 15 is 0 Å². The fraction of sp³-hybridized carbons (Fsp3) is 0.625. The highest BCUT2D eigenvalue weighted by Crippen LogP contribution is 2.36. The lowest BCUT2D eigenvalue weighted by Gasteiger charge is -2.25. The number of rotatable bonds is 5. The number of aliphatic hydroxyl groups excluding tert-OH is 1. The zero-order valence-corrected chi connectivity index (χ0v) is 12.8. The van der Waals surface area contributed by atoms with Crippen molar-refractivity contribution in [2.45, 2.75) is 52.1 Å². The Morgan fingerprint density at radius 3 is 2.42 bits per heavy atom. The van der Waals surface area contributed by atoms with Gasteiger partial charge in [0.05, 0.1) is 13.2 Å². The summed E-state index contributed by atoms with van der Waals surface area (Å²) in [6.45, 7) is 9.07. The Morgan fingerprint density at radius 2 is 1.95 bits per heavy atom. The highest BCUT2D eigenvalue weighted by atomic mass is 16.5. The van der Waals surface area contributed by atoms with E-state index in [4.69, 9.17) is 10.5 Å². The quantitative estimate of drug-likeness (QED) is 0.860. The van der Waals surface area contributed by atoms with Gasteiger partial charge in [0.1, 0.15) is 5.75 Å². The van der Waals surface area contributed by atoms with E-state index in [1.165, 1.54) is 0 Å². The molecule has 0 aliphatic carbocycles. The van der Waals surface area contributed by atoms with Gasteiger partial charge in [-0.25, -0.2) is 0 Å². The first kappa shape index (κ1) is 16.0. The lowest BCUT2D eigenvalue weighted by molar-refractivity contribution is 0.164. The van der Waals surface area contributed by atoms with E-state index in [1.807, 2.05) is 13.0 Å². The molecule has 0 aliphatic heterocycles. The first-order chi connectivity index (χ1) is 8.81. The second kappa shape index (κ2) is 6.40. The van der Waals surface area contributed by atoms with E-state index in [-0.39, 0.29) is 5.41 Å². The Hall–Kier alpha value is -1.06. The van der Waals surface area contributed by atoms with Crippen molar-refractivity contribution in [3.8, 4) is 5.75 Å². The van der Waals surface area contributed by atoms with E-state index in [0.717, 1.165) is 28.9 Å². The molecule has 19 heavy (non-hydrogen) atoms. The molecule has 3 N–H and O–H groups in total. The lowest BCUT2D eigenvalue weighted by atomic mass is 9.83. The molecular formula is C16H27NO2. The molecule has 0 fully saturated rings. The summed E-state index contributed by atoms with van der Waals surface area (Å²) in [7, 11) is 1.69. The van der Waals surface area contributed by atoms with Gasteiger partial charge in [0.15, 0.2) is 0 Å². The fourth-order valence-corrected chi connectivity index (χ4v) is 2.28. The monoisotopic (exact) mass is 265 g/mol. The molecule has 1 rings (SSSR count). The molecule has 0 aromatic heterocycles. The van der Waals surface area contributed by atoms with E-state index in [0.29, 0.717) is 13.0 Å². The maximum atomic E-state index is 10.3. The van der Waals surface area contributed by atoms with E-state index in [1.54, 1.807) is 7.11 Å². The van der Waals surface area contributed by atoms with Crippen molar-refractivity contribution in [2.75, 3.05) is 13.7 Å². The molecule has 0 spiro atoms. The van der Waals surface area contributed by atoms with Gasteiger partial charge in [-0.1, -0.05) is 20.8 Å². The van der Waals surface area contributed by atoms with Crippen molar-refractivity contribution >= 4 is 0 Å². The van der Waals surface area contributed by atoms with Crippen LogP contribution in [0.2, 0.25) is 0 Å². The average molecular weight is 265 g/mol. The summed E-state index contributed by atoms with van der Waals surface area (Å²) in [5.74, 6) is 0.889. The van der Waals surface area contributed by atoms with E-state index < -0.39 is 6.10 Å². The molecule has 1 aromatic carbocycles. The highest BCUT2D eigenvalue weighted by Gasteiger charge is 2.22. The third-order valence-corrected chi connectivity index (χ3v) is 3.44. The van der Waals surface area contributed by atoms with Gasteiger partial charge in [0.25, 0.3) is 0 Å².